The van der Waals surface area contributed by atoms with Crippen molar-refractivity contribution in [3.8, 4) is 0 Å². The summed E-state index contributed by atoms with van der Waals surface area (Å²) >= 11 is 0. The van der Waals surface area contributed by atoms with Crippen molar-refractivity contribution >= 4 is 6.01 Å². The monoisotopic (exact) mass is 267 g/mol. The molecule has 5 nitrogen and oxygen atoms in total. The Labute approximate surface area is 115 Å². The molecule has 0 aromatic carbocycles. The van der Waals surface area contributed by atoms with Crippen LogP contribution in [0.2, 0.25) is 0 Å². The minimum atomic E-state index is 0.623. The molecule has 0 fully saturated rings. The number of nitrogens with one attached hydrogen (secondary N) is 1. The standard InChI is InChI=1S/C14H25N3O2/c1-5-6-17(7-8-18-4)14-16-13(11-19-14)10-15-9-12(2)3/h5,11-12,15H,1,6-10H2,2-4H3. The molecule has 0 bridgehead atoms. The number of methoxy groups -OCH3 is 1. The van der Waals surface area contributed by atoms with Crippen molar-refractivity contribution in [3.63, 3.8) is 0 Å². The van der Waals surface area contributed by atoms with Gasteiger partial charge in [-0.1, -0.05) is 19.9 Å². The molecule has 1 heterocycles. The number of anilines is 1. The van der Waals surface area contributed by atoms with E-state index in [0.29, 0.717) is 25.1 Å². The lowest BCUT2D eigenvalue weighted by Crippen LogP contribution is -2.27. The van der Waals surface area contributed by atoms with E-state index in [1.54, 1.807) is 13.4 Å². The van der Waals surface area contributed by atoms with Gasteiger partial charge in [-0.15, -0.1) is 6.58 Å². The van der Waals surface area contributed by atoms with Crippen molar-refractivity contribution in [3.05, 3.63) is 24.6 Å². The van der Waals surface area contributed by atoms with Crippen molar-refractivity contribution in [2.75, 3.05) is 38.3 Å². The third-order valence-electron chi connectivity index (χ3n) is 2.58. The summed E-state index contributed by atoms with van der Waals surface area (Å²) in [6.45, 7) is 11.9. The topological polar surface area (TPSA) is 50.5 Å². The quantitative estimate of drug-likeness (QED) is 0.658. The molecule has 0 unspecified atom stereocenters. The fraction of sp³-hybridized carbons (Fsp3) is 0.643. The van der Waals surface area contributed by atoms with Crippen LogP contribution in [-0.4, -0.2) is 38.3 Å². The zero-order valence-corrected chi connectivity index (χ0v) is 12.2. The summed E-state index contributed by atoms with van der Waals surface area (Å²) in [5.74, 6) is 0.630. The van der Waals surface area contributed by atoms with E-state index in [0.717, 1.165) is 25.3 Å². The average Bonchev–Trinajstić information content (AvgIpc) is 2.82. The third kappa shape index (κ3) is 5.89. The molecule has 1 aromatic rings. The number of ether oxygens (including phenoxy) is 1. The van der Waals surface area contributed by atoms with Crippen molar-refractivity contribution < 1.29 is 9.15 Å². The van der Waals surface area contributed by atoms with Gasteiger partial charge in [0.15, 0.2) is 0 Å². The van der Waals surface area contributed by atoms with Crippen molar-refractivity contribution in [2.24, 2.45) is 5.92 Å². The van der Waals surface area contributed by atoms with Gasteiger partial charge in [0.25, 0.3) is 6.01 Å². The second kappa shape index (κ2) is 8.72. The van der Waals surface area contributed by atoms with Gasteiger partial charge in [-0.3, -0.25) is 0 Å². The van der Waals surface area contributed by atoms with Gasteiger partial charge in [-0.05, 0) is 12.5 Å². The zero-order chi connectivity index (χ0) is 14.1. The number of aromatic nitrogens is 1. The van der Waals surface area contributed by atoms with E-state index in [1.807, 2.05) is 11.0 Å². The Balaban J connectivity index is 2.51. The Morgan fingerprint density at radius 1 is 1.58 bits per heavy atom. The predicted molar refractivity (Wildman–Crippen MR) is 77.3 cm³/mol. The molecule has 0 atom stereocenters. The van der Waals surface area contributed by atoms with Crippen LogP contribution in [-0.2, 0) is 11.3 Å². The highest BCUT2D eigenvalue weighted by Gasteiger charge is 2.11. The van der Waals surface area contributed by atoms with Crippen LogP contribution in [0.5, 0.6) is 0 Å². The van der Waals surface area contributed by atoms with Crippen molar-refractivity contribution in [1.29, 1.82) is 0 Å². The van der Waals surface area contributed by atoms with Crippen LogP contribution in [0.25, 0.3) is 0 Å². The fourth-order valence-corrected chi connectivity index (χ4v) is 1.63. The Morgan fingerprint density at radius 3 is 3.00 bits per heavy atom. The first-order valence-electron chi connectivity index (χ1n) is 6.67. The van der Waals surface area contributed by atoms with Crippen LogP contribution in [0.1, 0.15) is 19.5 Å². The Kier molecular flexibility index (Phi) is 7.22. The van der Waals surface area contributed by atoms with Crippen molar-refractivity contribution in [2.45, 2.75) is 20.4 Å². The van der Waals surface area contributed by atoms with Gasteiger partial charge in [-0.2, -0.15) is 4.98 Å². The van der Waals surface area contributed by atoms with E-state index in [2.05, 4.69) is 30.7 Å². The SMILES string of the molecule is C=CCN(CCOC)c1nc(CNCC(C)C)co1. The first kappa shape index (κ1) is 15.7. The molecule has 1 aromatic heterocycles. The van der Waals surface area contributed by atoms with Crippen LogP contribution < -0.4 is 10.2 Å². The van der Waals surface area contributed by atoms with Gasteiger partial charge in [0.2, 0.25) is 0 Å². The van der Waals surface area contributed by atoms with Gasteiger partial charge >= 0.3 is 0 Å². The smallest absolute Gasteiger partial charge is 0.297 e. The molecule has 108 valence electrons. The largest absolute Gasteiger partial charge is 0.432 e. The summed E-state index contributed by atoms with van der Waals surface area (Å²) < 4.78 is 10.6. The molecule has 19 heavy (non-hydrogen) atoms. The maximum Gasteiger partial charge on any atom is 0.297 e. The Hall–Kier alpha value is -1.33. The molecular formula is C14H25N3O2. The third-order valence-corrected chi connectivity index (χ3v) is 2.58. The zero-order valence-electron chi connectivity index (χ0n) is 12.2. The molecule has 0 aliphatic carbocycles. The summed E-state index contributed by atoms with van der Waals surface area (Å²) in [6.07, 6.45) is 3.53. The molecule has 0 saturated heterocycles. The van der Waals surface area contributed by atoms with Gasteiger partial charge in [0.1, 0.15) is 6.26 Å². The summed E-state index contributed by atoms with van der Waals surface area (Å²) in [5, 5.41) is 3.34. The van der Waals surface area contributed by atoms with E-state index in [4.69, 9.17) is 9.15 Å². The second-order valence-electron chi connectivity index (χ2n) is 4.87. The minimum Gasteiger partial charge on any atom is -0.432 e. The molecule has 0 spiro atoms. The van der Waals surface area contributed by atoms with E-state index in [1.165, 1.54) is 0 Å². The minimum absolute atomic E-state index is 0.623. The van der Waals surface area contributed by atoms with Crippen LogP contribution in [0.4, 0.5) is 6.01 Å². The summed E-state index contributed by atoms with van der Waals surface area (Å²) in [6, 6.07) is 0.623. The van der Waals surface area contributed by atoms with E-state index in [9.17, 15) is 0 Å². The normalized spacial score (nSPS) is 10.9. The van der Waals surface area contributed by atoms with Gasteiger partial charge < -0.3 is 19.4 Å². The number of oxazole rings is 1. The highest BCUT2D eigenvalue weighted by atomic mass is 16.5. The molecule has 0 aliphatic rings. The molecule has 1 N–H and O–H groups in total. The van der Waals surface area contributed by atoms with Crippen LogP contribution in [0, 0.1) is 5.92 Å². The predicted octanol–water partition coefficient (Wildman–Crippen LogP) is 2.06. The van der Waals surface area contributed by atoms with Crippen LogP contribution >= 0.6 is 0 Å². The number of rotatable bonds is 10. The molecule has 0 radical (unpaired) electrons. The van der Waals surface area contributed by atoms with Gasteiger partial charge in [-0.25, -0.2) is 0 Å². The lowest BCUT2D eigenvalue weighted by atomic mass is 10.2. The Morgan fingerprint density at radius 2 is 2.37 bits per heavy atom. The average molecular weight is 267 g/mol. The maximum atomic E-state index is 5.51. The lowest BCUT2D eigenvalue weighted by Gasteiger charge is -2.17. The molecule has 5 heteroatoms. The number of hydrogen-bond acceptors (Lipinski definition) is 5. The highest BCUT2D eigenvalue weighted by molar-refractivity contribution is 5.28. The molecule has 1 rings (SSSR count). The maximum absolute atomic E-state index is 5.51. The van der Waals surface area contributed by atoms with Crippen molar-refractivity contribution in [1.82, 2.24) is 10.3 Å². The van der Waals surface area contributed by atoms with E-state index >= 15 is 0 Å². The number of hydrogen-bond donors (Lipinski definition) is 1. The van der Waals surface area contributed by atoms with Gasteiger partial charge in [0, 0.05) is 26.7 Å². The van der Waals surface area contributed by atoms with E-state index < -0.39 is 0 Å². The van der Waals surface area contributed by atoms with Crippen LogP contribution in [0.15, 0.2) is 23.3 Å². The van der Waals surface area contributed by atoms with E-state index in [-0.39, 0.29) is 0 Å². The first-order chi connectivity index (χ1) is 9.17. The molecular weight excluding hydrogens is 242 g/mol. The summed E-state index contributed by atoms with van der Waals surface area (Å²) in [7, 11) is 1.68. The highest BCUT2D eigenvalue weighted by Crippen LogP contribution is 2.13. The Bertz CT molecular complexity index is 363. The molecule has 0 saturated carbocycles. The lowest BCUT2D eigenvalue weighted by molar-refractivity contribution is 0.204. The fourth-order valence-electron chi connectivity index (χ4n) is 1.63. The molecule has 0 aliphatic heterocycles. The summed E-state index contributed by atoms with van der Waals surface area (Å²) in [4.78, 5) is 6.47. The number of nitrogens with zero attached hydrogens (tertiary/aromatic N) is 2. The molecule has 0 amide bonds. The summed E-state index contributed by atoms with van der Waals surface area (Å²) in [5.41, 5.74) is 0.919. The first-order valence-corrected chi connectivity index (χ1v) is 6.67. The second-order valence-corrected chi connectivity index (χ2v) is 4.87. The van der Waals surface area contributed by atoms with Gasteiger partial charge in [0.05, 0.1) is 12.3 Å². The van der Waals surface area contributed by atoms with Crippen LogP contribution in [0.3, 0.4) is 0 Å².